The average molecular weight is 374 g/mol. The zero-order valence-corrected chi connectivity index (χ0v) is 16.1. The topological polar surface area (TPSA) is 61.4 Å². The van der Waals surface area contributed by atoms with Crippen LogP contribution in [0.5, 0.6) is 0 Å². The molecule has 6 heteroatoms. The number of nitrogens with one attached hydrogen (secondary N) is 2. The van der Waals surface area contributed by atoms with Gasteiger partial charge in [0.2, 0.25) is 11.8 Å². The summed E-state index contributed by atoms with van der Waals surface area (Å²) in [5, 5.41) is 8.13. The monoisotopic (exact) mass is 373 g/mol. The summed E-state index contributed by atoms with van der Waals surface area (Å²) in [5.41, 5.74) is 0.772. The zero-order chi connectivity index (χ0) is 18.5. The van der Waals surface area contributed by atoms with E-state index in [2.05, 4.69) is 45.9 Å². The molecule has 140 valence electrons. The van der Waals surface area contributed by atoms with Crippen molar-refractivity contribution in [2.45, 2.75) is 43.5 Å². The molecule has 3 rings (SSSR count). The van der Waals surface area contributed by atoms with Gasteiger partial charge in [-0.1, -0.05) is 17.2 Å². The first-order valence-corrected chi connectivity index (χ1v) is 10.5. The molecule has 1 aromatic carbocycles. The Labute approximate surface area is 157 Å². The van der Waals surface area contributed by atoms with Crippen LogP contribution < -0.4 is 10.6 Å². The highest BCUT2D eigenvalue weighted by Crippen LogP contribution is 2.35. The summed E-state index contributed by atoms with van der Waals surface area (Å²) in [6.45, 7) is 7.42. The van der Waals surface area contributed by atoms with E-state index in [4.69, 9.17) is 0 Å². The summed E-state index contributed by atoms with van der Waals surface area (Å²) < 4.78 is 2.46. The van der Waals surface area contributed by atoms with Crippen LogP contribution in [0.4, 0.5) is 5.69 Å². The molecule has 0 spiro atoms. The van der Waals surface area contributed by atoms with E-state index in [0.717, 1.165) is 44.5 Å². The molecule has 1 aromatic rings. The fourth-order valence-corrected chi connectivity index (χ4v) is 5.05. The minimum Gasteiger partial charge on any atom is -0.353 e. The first-order chi connectivity index (χ1) is 12.6. The number of hydrogen-bond acceptors (Lipinski definition) is 3. The lowest BCUT2D eigenvalue weighted by Gasteiger charge is -2.33. The van der Waals surface area contributed by atoms with Crippen LogP contribution in [0.15, 0.2) is 41.8 Å². The summed E-state index contributed by atoms with van der Waals surface area (Å²) in [6.07, 6.45) is 5.39. The minimum atomic E-state index is -0.203. The van der Waals surface area contributed by atoms with Crippen molar-refractivity contribution in [1.82, 2.24) is 9.62 Å². The van der Waals surface area contributed by atoms with Crippen LogP contribution in [-0.2, 0) is 9.59 Å². The fourth-order valence-electron chi connectivity index (χ4n) is 3.17. The third-order valence-corrected chi connectivity index (χ3v) is 6.92. The Kier molecular flexibility index (Phi) is 6.27. The van der Waals surface area contributed by atoms with Crippen LogP contribution in [0.1, 0.15) is 32.6 Å². The number of rotatable bonds is 6. The zero-order valence-electron chi connectivity index (χ0n) is 15.2. The second kappa shape index (κ2) is 8.64. The van der Waals surface area contributed by atoms with E-state index in [0.29, 0.717) is 6.04 Å². The van der Waals surface area contributed by atoms with Crippen LogP contribution in [0, 0.1) is 5.92 Å². The summed E-state index contributed by atoms with van der Waals surface area (Å²) in [7, 11) is -0.0868. The first-order valence-electron chi connectivity index (χ1n) is 9.22. The van der Waals surface area contributed by atoms with Gasteiger partial charge in [0.05, 0.1) is 0 Å². The van der Waals surface area contributed by atoms with Crippen LogP contribution in [0.25, 0.3) is 0 Å². The maximum absolute atomic E-state index is 12.2. The molecular formula is C20H27N3O2S. The molecule has 1 atom stereocenters. The van der Waals surface area contributed by atoms with E-state index in [1.54, 1.807) is 0 Å². The van der Waals surface area contributed by atoms with Gasteiger partial charge < -0.3 is 10.6 Å². The Morgan fingerprint density at radius 2 is 1.81 bits per heavy atom. The normalized spacial score (nSPS) is 19.7. The number of carbonyl (C=O) groups is 2. The highest BCUT2D eigenvalue weighted by molar-refractivity contribution is 8.13. The summed E-state index contributed by atoms with van der Waals surface area (Å²) in [6, 6.07) is 8.42. The average Bonchev–Trinajstić information content (AvgIpc) is 3.48. The lowest BCUT2D eigenvalue weighted by Crippen LogP contribution is -2.39. The molecule has 1 saturated carbocycles. The van der Waals surface area contributed by atoms with E-state index < -0.39 is 0 Å². The second-order valence-electron chi connectivity index (χ2n) is 6.75. The molecule has 2 N–H and O–H groups in total. The van der Waals surface area contributed by atoms with Crippen molar-refractivity contribution >= 4 is 33.5 Å². The van der Waals surface area contributed by atoms with Gasteiger partial charge in [-0.2, -0.15) is 0 Å². The Bertz CT molecular complexity index is 702. The first kappa shape index (κ1) is 18.9. The number of hydrogen-bond donors (Lipinski definition) is 2. The molecule has 1 aliphatic heterocycles. The molecule has 2 aliphatic rings. The number of amides is 2. The molecular weight excluding hydrogens is 346 g/mol. The molecule has 2 amide bonds. The molecule has 1 heterocycles. The van der Waals surface area contributed by atoms with Crippen molar-refractivity contribution in [3.8, 4) is 0 Å². The van der Waals surface area contributed by atoms with Crippen molar-refractivity contribution in [3.05, 3.63) is 36.9 Å². The molecule has 2 fully saturated rings. The van der Waals surface area contributed by atoms with Crippen molar-refractivity contribution in [3.63, 3.8) is 0 Å². The summed E-state index contributed by atoms with van der Waals surface area (Å²) in [5.74, 6) is 0.200. The number of nitrogens with zero attached hydrogens (tertiary/aromatic N) is 1. The molecule has 1 saturated heterocycles. The van der Waals surface area contributed by atoms with Crippen LogP contribution in [0.2, 0.25) is 0 Å². The number of piperidine rings is 1. The van der Waals surface area contributed by atoms with Crippen LogP contribution >= 0.6 is 10.7 Å². The van der Waals surface area contributed by atoms with Gasteiger partial charge >= 0.3 is 0 Å². The smallest absolute Gasteiger partial charge is 0.247 e. The van der Waals surface area contributed by atoms with Crippen molar-refractivity contribution in [2.24, 2.45) is 5.92 Å². The number of benzene rings is 1. The number of anilines is 1. The van der Waals surface area contributed by atoms with Crippen LogP contribution in [0.3, 0.4) is 0 Å². The van der Waals surface area contributed by atoms with Gasteiger partial charge in [-0.25, -0.2) is 0 Å². The van der Waals surface area contributed by atoms with E-state index in [-0.39, 0.29) is 28.4 Å². The van der Waals surface area contributed by atoms with Crippen molar-refractivity contribution < 1.29 is 9.59 Å². The predicted molar refractivity (Wildman–Crippen MR) is 108 cm³/mol. The van der Waals surface area contributed by atoms with Gasteiger partial charge in [-0.05, 0) is 68.3 Å². The van der Waals surface area contributed by atoms with Gasteiger partial charge in [0.15, 0.2) is 0 Å². The standard InChI is InChI=1S/C20H27N3O2S/c1-3-19(24)21-16-7-9-18(10-8-16)26(4-2)23-13-11-15(12-14-23)20(25)22-17-5-6-17/h3-4,7-10,15,17H,1,5-6,11-14H2,2H3,(H,21,24)(H,22,25). The molecule has 1 aliphatic carbocycles. The quantitative estimate of drug-likeness (QED) is 0.595. The van der Waals surface area contributed by atoms with Gasteiger partial charge in [-0.3, -0.25) is 13.9 Å². The van der Waals surface area contributed by atoms with E-state index in [1.807, 2.05) is 12.1 Å². The molecule has 0 radical (unpaired) electrons. The van der Waals surface area contributed by atoms with Crippen molar-refractivity contribution in [1.29, 1.82) is 0 Å². The summed E-state index contributed by atoms with van der Waals surface area (Å²) >= 11 is 0. The Hall–Kier alpha value is -1.92. The van der Waals surface area contributed by atoms with E-state index in [1.165, 1.54) is 11.0 Å². The van der Waals surface area contributed by atoms with Gasteiger partial charge in [-0.15, -0.1) is 0 Å². The Morgan fingerprint density at radius 3 is 2.35 bits per heavy atom. The third kappa shape index (κ3) is 4.83. The van der Waals surface area contributed by atoms with Crippen LogP contribution in [-0.4, -0.2) is 40.6 Å². The molecule has 0 bridgehead atoms. The number of carbonyl (C=O) groups excluding carboxylic acids is 2. The molecule has 0 aromatic heterocycles. The molecule has 26 heavy (non-hydrogen) atoms. The molecule has 1 unspecified atom stereocenters. The lowest BCUT2D eigenvalue weighted by molar-refractivity contribution is -0.126. The minimum absolute atomic E-state index is 0.0868. The molecule has 5 nitrogen and oxygen atoms in total. The Balaban J connectivity index is 1.58. The Morgan fingerprint density at radius 1 is 1.15 bits per heavy atom. The lowest BCUT2D eigenvalue weighted by atomic mass is 9.97. The third-order valence-electron chi connectivity index (χ3n) is 4.80. The highest BCUT2D eigenvalue weighted by atomic mass is 32.2. The van der Waals surface area contributed by atoms with Gasteiger partial charge in [0.1, 0.15) is 0 Å². The largest absolute Gasteiger partial charge is 0.353 e. The van der Waals surface area contributed by atoms with E-state index in [9.17, 15) is 9.59 Å². The SMILES string of the molecule is C=CC(=O)Nc1ccc(S(=CC)N2CCC(C(=O)NC3CC3)CC2)cc1. The van der Waals surface area contributed by atoms with Gasteiger partial charge in [0, 0.05) is 35.6 Å². The highest BCUT2D eigenvalue weighted by Gasteiger charge is 2.30. The van der Waals surface area contributed by atoms with Gasteiger partial charge in [0.25, 0.3) is 0 Å². The maximum Gasteiger partial charge on any atom is 0.247 e. The predicted octanol–water partition coefficient (Wildman–Crippen LogP) is 3.17. The maximum atomic E-state index is 12.2. The fraction of sp³-hybridized carbons (Fsp3) is 0.450. The summed E-state index contributed by atoms with van der Waals surface area (Å²) in [4.78, 5) is 24.9. The van der Waals surface area contributed by atoms with E-state index >= 15 is 0 Å². The van der Waals surface area contributed by atoms with Crippen molar-refractivity contribution in [2.75, 3.05) is 18.4 Å². The second-order valence-corrected chi connectivity index (χ2v) is 8.84.